The average Bonchev–Trinajstić information content (AvgIpc) is 2.19. The highest BCUT2D eigenvalue weighted by atomic mass is 32.1. The van der Waals surface area contributed by atoms with E-state index in [0.717, 1.165) is 22.5 Å². The summed E-state index contributed by atoms with van der Waals surface area (Å²) in [5, 5.41) is 0. The fraction of sp³-hybridized carbons (Fsp3) is 0.0909. The van der Waals surface area contributed by atoms with Gasteiger partial charge in [0.05, 0.1) is 5.70 Å². The van der Waals surface area contributed by atoms with Gasteiger partial charge in [0.25, 0.3) is 0 Å². The average molecular weight is 187 g/mol. The Balaban J connectivity index is 2.37. The minimum Gasteiger partial charge on any atom is -0.260 e. The van der Waals surface area contributed by atoms with Gasteiger partial charge < -0.3 is 0 Å². The van der Waals surface area contributed by atoms with E-state index in [4.69, 9.17) is 12.2 Å². The SMILES string of the molecule is S=C1C=C(c2ccccc2)N=CC1. The zero-order valence-corrected chi connectivity index (χ0v) is 7.92. The van der Waals surface area contributed by atoms with Gasteiger partial charge in [0.2, 0.25) is 0 Å². The van der Waals surface area contributed by atoms with Crippen molar-refractivity contribution >= 4 is 29.0 Å². The van der Waals surface area contributed by atoms with E-state index in [1.165, 1.54) is 0 Å². The molecule has 1 nitrogen and oxygen atoms in total. The molecule has 0 fully saturated rings. The highest BCUT2D eigenvalue weighted by Gasteiger charge is 2.03. The summed E-state index contributed by atoms with van der Waals surface area (Å²) in [6, 6.07) is 10.1. The minimum atomic E-state index is 0.797. The molecule has 0 bridgehead atoms. The molecule has 2 heteroatoms. The zero-order chi connectivity index (χ0) is 9.10. The van der Waals surface area contributed by atoms with Gasteiger partial charge >= 0.3 is 0 Å². The molecule has 1 aliphatic rings. The Morgan fingerprint density at radius 2 is 1.92 bits per heavy atom. The second kappa shape index (κ2) is 3.62. The molecule has 13 heavy (non-hydrogen) atoms. The third-order valence-electron chi connectivity index (χ3n) is 1.89. The largest absolute Gasteiger partial charge is 0.260 e. The van der Waals surface area contributed by atoms with E-state index in [9.17, 15) is 0 Å². The third-order valence-corrected chi connectivity index (χ3v) is 2.17. The molecule has 1 aliphatic heterocycles. The molecule has 0 N–H and O–H groups in total. The van der Waals surface area contributed by atoms with Crippen LogP contribution >= 0.6 is 12.2 Å². The predicted octanol–water partition coefficient (Wildman–Crippen LogP) is 2.87. The Labute approximate surface area is 82.8 Å². The van der Waals surface area contributed by atoms with Gasteiger partial charge in [-0.25, -0.2) is 0 Å². The van der Waals surface area contributed by atoms with Gasteiger partial charge in [-0.05, 0) is 6.08 Å². The lowest BCUT2D eigenvalue weighted by atomic mass is 10.1. The minimum absolute atomic E-state index is 0.797. The quantitative estimate of drug-likeness (QED) is 0.616. The van der Waals surface area contributed by atoms with Gasteiger partial charge in [-0.3, -0.25) is 4.99 Å². The summed E-state index contributed by atoms with van der Waals surface area (Å²) in [6.07, 6.45) is 4.63. The van der Waals surface area contributed by atoms with Crippen molar-refractivity contribution in [3.05, 3.63) is 42.0 Å². The number of hydrogen-bond acceptors (Lipinski definition) is 2. The molecule has 0 aliphatic carbocycles. The topological polar surface area (TPSA) is 12.4 Å². The molecule has 0 atom stereocenters. The first-order chi connectivity index (χ1) is 6.36. The maximum atomic E-state index is 5.12. The molecule has 0 aromatic heterocycles. The van der Waals surface area contributed by atoms with E-state index < -0.39 is 0 Å². The fourth-order valence-electron chi connectivity index (χ4n) is 1.25. The van der Waals surface area contributed by atoms with E-state index in [1.807, 2.05) is 42.6 Å². The van der Waals surface area contributed by atoms with Crippen molar-refractivity contribution < 1.29 is 0 Å². The van der Waals surface area contributed by atoms with Crippen LogP contribution in [-0.4, -0.2) is 11.1 Å². The summed E-state index contributed by atoms with van der Waals surface area (Å²) in [5.41, 5.74) is 2.10. The lowest BCUT2D eigenvalue weighted by Crippen LogP contribution is -1.98. The van der Waals surface area contributed by atoms with E-state index in [0.29, 0.717) is 0 Å². The van der Waals surface area contributed by atoms with Crippen LogP contribution in [0, 0.1) is 0 Å². The first-order valence-corrected chi connectivity index (χ1v) is 4.59. The number of nitrogens with zero attached hydrogens (tertiary/aromatic N) is 1. The second-order valence-corrected chi connectivity index (χ2v) is 3.40. The number of aliphatic imine (C=N–C) groups is 1. The third kappa shape index (κ3) is 1.90. The summed E-state index contributed by atoms with van der Waals surface area (Å²) in [4.78, 5) is 5.25. The van der Waals surface area contributed by atoms with Crippen LogP contribution in [0.15, 0.2) is 41.4 Å². The highest BCUT2D eigenvalue weighted by Crippen LogP contribution is 2.18. The van der Waals surface area contributed by atoms with Crippen molar-refractivity contribution in [3.63, 3.8) is 0 Å². The smallest absolute Gasteiger partial charge is 0.0709 e. The van der Waals surface area contributed by atoms with Gasteiger partial charge in [-0.1, -0.05) is 42.5 Å². The molecular formula is C11H9NS. The first-order valence-electron chi connectivity index (χ1n) is 4.19. The van der Waals surface area contributed by atoms with Gasteiger partial charge in [-0.2, -0.15) is 0 Å². The molecule has 0 unspecified atom stereocenters. The summed E-state index contributed by atoms with van der Waals surface area (Å²) >= 11 is 5.12. The maximum absolute atomic E-state index is 5.12. The number of rotatable bonds is 1. The molecular weight excluding hydrogens is 178 g/mol. The number of benzene rings is 1. The highest BCUT2D eigenvalue weighted by molar-refractivity contribution is 7.80. The summed E-state index contributed by atoms with van der Waals surface area (Å²) in [6.45, 7) is 0. The van der Waals surface area contributed by atoms with E-state index in [-0.39, 0.29) is 0 Å². The lowest BCUT2D eigenvalue weighted by Gasteiger charge is -2.06. The molecule has 0 saturated carbocycles. The predicted molar refractivity (Wildman–Crippen MR) is 60.1 cm³/mol. The molecule has 0 amide bonds. The second-order valence-electron chi connectivity index (χ2n) is 2.88. The van der Waals surface area contributed by atoms with Crippen LogP contribution in [0.4, 0.5) is 0 Å². The molecule has 2 rings (SSSR count). The first kappa shape index (κ1) is 8.32. The Kier molecular flexibility index (Phi) is 2.32. The van der Waals surface area contributed by atoms with Gasteiger partial charge in [0.1, 0.15) is 0 Å². The molecule has 64 valence electrons. The molecule has 0 radical (unpaired) electrons. The standard InChI is InChI=1S/C11H9NS/c13-10-6-7-12-11(8-10)9-4-2-1-3-5-9/h1-5,7-8H,6H2. The van der Waals surface area contributed by atoms with Gasteiger partial charge in [-0.15, -0.1) is 0 Å². The van der Waals surface area contributed by atoms with Crippen LogP contribution < -0.4 is 0 Å². The Bertz CT molecular complexity index is 376. The molecule has 1 aromatic rings. The monoisotopic (exact) mass is 187 g/mol. The zero-order valence-electron chi connectivity index (χ0n) is 7.10. The number of allylic oxidation sites excluding steroid dienone is 1. The van der Waals surface area contributed by atoms with Crippen molar-refractivity contribution in [2.24, 2.45) is 4.99 Å². The van der Waals surface area contributed by atoms with Gasteiger partial charge in [0, 0.05) is 23.1 Å². The van der Waals surface area contributed by atoms with Crippen LogP contribution in [0.5, 0.6) is 0 Å². The van der Waals surface area contributed by atoms with Crippen molar-refractivity contribution in [1.82, 2.24) is 0 Å². The molecule has 0 spiro atoms. The van der Waals surface area contributed by atoms with Crippen LogP contribution in [0.25, 0.3) is 5.70 Å². The van der Waals surface area contributed by atoms with Crippen molar-refractivity contribution in [2.75, 3.05) is 0 Å². The summed E-state index contributed by atoms with van der Waals surface area (Å²) in [7, 11) is 0. The Morgan fingerprint density at radius 1 is 1.15 bits per heavy atom. The maximum Gasteiger partial charge on any atom is 0.0709 e. The Morgan fingerprint density at radius 3 is 2.62 bits per heavy atom. The number of hydrogen-bond donors (Lipinski definition) is 0. The van der Waals surface area contributed by atoms with Crippen molar-refractivity contribution in [2.45, 2.75) is 6.42 Å². The van der Waals surface area contributed by atoms with Crippen LogP contribution in [0.2, 0.25) is 0 Å². The van der Waals surface area contributed by atoms with Crippen molar-refractivity contribution in [1.29, 1.82) is 0 Å². The van der Waals surface area contributed by atoms with E-state index in [2.05, 4.69) is 4.99 Å². The molecule has 1 heterocycles. The van der Waals surface area contributed by atoms with E-state index >= 15 is 0 Å². The van der Waals surface area contributed by atoms with Crippen molar-refractivity contribution in [3.8, 4) is 0 Å². The fourth-order valence-corrected chi connectivity index (χ4v) is 1.44. The molecule has 0 saturated heterocycles. The molecule has 1 aromatic carbocycles. The van der Waals surface area contributed by atoms with Crippen LogP contribution in [0.1, 0.15) is 12.0 Å². The number of thiocarbonyl (C=S) groups is 1. The van der Waals surface area contributed by atoms with Gasteiger partial charge in [0.15, 0.2) is 0 Å². The van der Waals surface area contributed by atoms with Crippen LogP contribution in [0.3, 0.4) is 0 Å². The Hall–Kier alpha value is -1.28. The van der Waals surface area contributed by atoms with Crippen LogP contribution in [-0.2, 0) is 0 Å². The normalized spacial score (nSPS) is 15.7. The summed E-state index contributed by atoms with van der Waals surface area (Å²) in [5.74, 6) is 0. The summed E-state index contributed by atoms with van der Waals surface area (Å²) < 4.78 is 0. The lowest BCUT2D eigenvalue weighted by molar-refractivity contribution is 1.47. The van der Waals surface area contributed by atoms with E-state index in [1.54, 1.807) is 0 Å².